The second-order valence-corrected chi connectivity index (χ2v) is 4.67. The third kappa shape index (κ3) is 4.97. The molecule has 2 unspecified atom stereocenters. The summed E-state index contributed by atoms with van der Waals surface area (Å²) < 4.78 is 185. The van der Waals surface area contributed by atoms with Gasteiger partial charge in [-0.05, 0) is 0 Å². The molecule has 0 aromatic carbocycles. The predicted octanol–water partition coefficient (Wildman–Crippen LogP) is 5.77. The van der Waals surface area contributed by atoms with Gasteiger partial charge in [0.1, 0.15) is 6.42 Å². The van der Waals surface area contributed by atoms with Crippen LogP contribution in [-0.4, -0.2) is 42.2 Å². The normalized spacial score (nSPS) is 19.1. The predicted molar refractivity (Wildman–Crippen MR) is 46.0 cm³/mol. The van der Waals surface area contributed by atoms with Crippen molar-refractivity contribution in [2.75, 3.05) is 0 Å². The molecule has 0 aliphatic carbocycles. The average molecular weight is 398 g/mol. The molecular formula is C9H5F15. The van der Waals surface area contributed by atoms with Crippen LogP contribution in [0.25, 0.3) is 0 Å². The van der Waals surface area contributed by atoms with Gasteiger partial charge in [-0.15, -0.1) is 0 Å². The van der Waals surface area contributed by atoms with Crippen LogP contribution in [-0.2, 0) is 0 Å². The first kappa shape index (κ1) is 22.9. The van der Waals surface area contributed by atoms with E-state index in [2.05, 4.69) is 0 Å². The molecule has 0 N–H and O–H groups in total. The molecule has 0 amide bonds. The van der Waals surface area contributed by atoms with Crippen LogP contribution in [0.5, 0.6) is 0 Å². The third-order valence-corrected chi connectivity index (χ3v) is 2.54. The fraction of sp³-hybridized carbons (Fsp3) is 1.00. The van der Waals surface area contributed by atoms with Crippen molar-refractivity contribution >= 4 is 0 Å². The summed E-state index contributed by atoms with van der Waals surface area (Å²) in [7, 11) is 0. The summed E-state index contributed by atoms with van der Waals surface area (Å²) in [6, 6.07) is 0. The first-order valence-electron chi connectivity index (χ1n) is 5.36. The van der Waals surface area contributed by atoms with Gasteiger partial charge in [-0.25, -0.2) is 17.6 Å². The summed E-state index contributed by atoms with van der Waals surface area (Å²) in [5, 5.41) is 0. The minimum absolute atomic E-state index is 3.49. The molecule has 0 bridgehead atoms. The number of alkyl halides is 15. The maximum atomic E-state index is 13.5. The molecule has 0 aromatic heterocycles. The van der Waals surface area contributed by atoms with Gasteiger partial charge in [0.25, 0.3) is 5.92 Å². The molecule has 0 spiro atoms. The molecule has 0 aliphatic rings. The van der Waals surface area contributed by atoms with Gasteiger partial charge in [-0.3, -0.25) is 0 Å². The molecule has 0 saturated carbocycles. The number of hydrogen-bond acceptors (Lipinski definition) is 0. The highest BCUT2D eigenvalue weighted by Crippen LogP contribution is 2.53. The van der Waals surface area contributed by atoms with Gasteiger partial charge < -0.3 is 0 Å². The zero-order valence-electron chi connectivity index (χ0n) is 10.7. The Morgan fingerprint density at radius 3 is 1.17 bits per heavy atom. The van der Waals surface area contributed by atoms with Crippen molar-refractivity contribution in [2.24, 2.45) is 0 Å². The lowest BCUT2D eigenvalue weighted by atomic mass is 9.87. The summed E-state index contributed by atoms with van der Waals surface area (Å²) in [4.78, 5) is 0. The third-order valence-electron chi connectivity index (χ3n) is 2.54. The lowest BCUT2D eigenvalue weighted by molar-refractivity contribution is -0.353. The van der Waals surface area contributed by atoms with Gasteiger partial charge in [0.2, 0.25) is 11.8 Å². The second kappa shape index (κ2) is 6.04. The van der Waals surface area contributed by atoms with Crippen LogP contribution in [0.2, 0.25) is 0 Å². The van der Waals surface area contributed by atoms with Crippen molar-refractivity contribution in [3.8, 4) is 0 Å². The van der Waals surface area contributed by atoms with Gasteiger partial charge in [-0.2, -0.15) is 48.3 Å². The van der Waals surface area contributed by atoms with E-state index in [0.29, 0.717) is 0 Å². The van der Waals surface area contributed by atoms with Crippen LogP contribution in [0.3, 0.4) is 0 Å². The van der Waals surface area contributed by atoms with E-state index in [9.17, 15) is 65.9 Å². The minimum atomic E-state index is -7.12. The van der Waals surface area contributed by atoms with Crippen molar-refractivity contribution in [1.82, 2.24) is 0 Å². The van der Waals surface area contributed by atoms with E-state index in [-0.39, 0.29) is 0 Å². The molecule has 0 fully saturated rings. The van der Waals surface area contributed by atoms with E-state index >= 15 is 0 Å². The Balaban J connectivity index is 5.94. The van der Waals surface area contributed by atoms with Crippen molar-refractivity contribution < 1.29 is 65.9 Å². The van der Waals surface area contributed by atoms with Crippen molar-refractivity contribution in [1.29, 1.82) is 0 Å². The topological polar surface area (TPSA) is 0 Å². The monoisotopic (exact) mass is 398 g/mol. The van der Waals surface area contributed by atoms with Crippen molar-refractivity contribution in [3.05, 3.63) is 0 Å². The van der Waals surface area contributed by atoms with E-state index in [0.717, 1.165) is 0 Å². The Kier molecular flexibility index (Phi) is 5.77. The Morgan fingerprint density at radius 2 is 0.917 bits per heavy atom. The zero-order chi connectivity index (χ0) is 20.0. The largest absolute Gasteiger partial charge is 0.456 e. The standard InChI is InChI=1S/C9H5F15/c10-3(7(17,18)9(22,23)24)5(13,8(19,20)21)1-4(11,12)2-6(14,15)16/h3H,1-2H2. The first-order chi connectivity index (χ1) is 10.1. The van der Waals surface area contributed by atoms with Gasteiger partial charge in [0, 0.05) is 0 Å². The minimum Gasteiger partial charge on any atom is -0.236 e. The summed E-state index contributed by atoms with van der Waals surface area (Å²) in [5.41, 5.74) is -6.60. The molecule has 0 aromatic rings. The highest BCUT2D eigenvalue weighted by Gasteiger charge is 2.77. The first-order valence-corrected chi connectivity index (χ1v) is 5.36. The summed E-state index contributed by atoms with van der Waals surface area (Å²) in [5.74, 6) is -12.9. The molecule has 0 rings (SSSR count). The fourth-order valence-corrected chi connectivity index (χ4v) is 1.50. The second-order valence-electron chi connectivity index (χ2n) is 4.67. The highest BCUT2D eigenvalue weighted by atomic mass is 19.4. The molecule has 15 heteroatoms. The van der Waals surface area contributed by atoms with E-state index in [1.807, 2.05) is 0 Å². The molecule has 146 valence electrons. The van der Waals surface area contributed by atoms with Crippen LogP contribution < -0.4 is 0 Å². The molecule has 0 saturated heterocycles. The van der Waals surface area contributed by atoms with E-state index < -0.39 is 55.1 Å². The molecule has 24 heavy (non-hydrogen) atoms. The Labute approximate surface area is 122 Å². The van der Waals surface area contributed by atoms with Crippen LogP contribution in [0, 0.1) is 0 Å². The van der Waals surface area contributed by atoms with Crippen LogP contribution in [0.15, 0.2) is 0 Å². The molecule has 2 atom stereocenters. The summed E-state index contributed by atoms with van der Waals surface area (Å²) in [6.07, 6.45) is -33.5. The molecule has 0 heterocycles. The van der Waals surface area contributed by atoms with E-state index in [4.69, 9.17) is 0 Å². The van der Waals surface area contributed by atoms with Gasteiger partial charge >= 0.3 is 24.5 Å². The molecule has 0 radical (unpaired) electrons. The maximum Gasteiger partial charge on any atom is 0.456 e. The average Bonchev–Trinajstić information content (AvgIpc) is 2.19. The summed E-state index contributed by atoms with van der Waals surface area (Å²) >= 11 is 0. The SMILES string of the molecule is FC(C(F)(F)C(F)(F)F)C(F)(CC(F)(F)CC(F)(F)F)C(F)(F)F. The van der Waals surface area contributed by atoms with Gasteiger partial charge in [0.05, 0.1) is 6.42 Å². The van der Waals surface area contributed by atoms with Crippen molar-refractivity contribution in [3.63, 3.8) is 0 Å². The Hall–Kier alpha value is -1.05. The lowest BCUT2D eigenvalue weighted by Crippen LogP contribution is -2.62. The van der Waals surface area contributed by atoms with Gasteiger partial charge in [0.15, 0.2) is 0 Å². The van der Waals surface area contributed by atoms with E-state index in [1.165, 1.54) is 0 Å². The molecule has 0 nitrogen and oxygen atoms in total. The van der Waals surface area contributed by atoms with E-state index in [1.54, 1.807) is 0 Å². The lowest BCUT2D eigenvalue weighted by Gasteiger charge is -2.37. The highest BCUT2D eigenvalue weighted by molar-refractivity contribution is 5.05. The fourth-order valence-electron chi connectivity index (χ4n) is 1.50. The van der Waals surface area contributed by atoms with Crippen LogP contribution in [0.4, 0.5) is 65.9 Å². The van der Waals surface area contributed by atoms with Gasteiger partial charge in [-0.1, -0.05) is 0 Å². The smallest absolute Gasteiger partial charge is 0.236 e. The molecular weight excluding hydrogens is 393 g/mol. The summed E-state index contributed by atoms with van der Waals surface area (Å²) in [6.45, 7) is 0. The number of rotatable bonds is 5. The number of hydrogen-bond donors (Lipinski definition) is 0. The van der Waals surface area contributed by atoms with Crippen LogP contribution in [0.1, 0.15) is 12.8 Å². The number of halogens is 15. The quantitative estimate of drug-likeness (QED) is 0.516. The zero-order valence-corrected chi connectivity index (χ0v) is 10.7. The molecule has 0 aliphatic heterocycles. The van der Waals surface area contributed by atoms with Crippen LogP contribution >= 0.6 is 0 Å². The maximum absolute atomic E-state index is 13.5. The van der Waals surface area contributed by atoms with Crippen molar-refractivity contribution in [2.45, 2.75) is 55.1 Å². The Morgan fingerprint density at radius 1 is 0.542 bits per heavy atom. The Bertz CT molecular complexity index is 426.